The topological polar surface area (TPSA) is 43.1 Å². The summed E-state index contributed by atoms with van der Waals surface area (Å²) < 4.78 is 167. The van der Waals surface area contributed by atoms with Crippen LogP contribution in [0.2, 0.25) is 0 Å². The van der Waals surface area contributed by atoms with E-state index in [9.17, 15) is 67.2 Å². The van der Waals surface area contributed by atoms with Gasteiger partial charge in [0, 0.05) is 25.2 Å². The highest BCUT2D eigenvalue weighted by Gasteiger charge is 2.90. The van der Waals surface area contributed by atoms with Gasteiger partial charge in [0.05, 0.1) is 5.75 Å². The number of hydrogen-bond donors (Lipinski definition) is 0. The van der Waals surface area contributed by atoms with E-state index in [1.165, 1.54) is 0 Å². The van der Waals surface area contributed by atoms with Crippen molar-refractivity contribution in [3.63, 3.8) is 0 Å². The Labute approximate surface area is 158 Å². The van der Waals surface area contributed by atoms with Crippen molar-refractivity contribution in [2.24, 2.45) is 0 Å². The van der Waals surface area contributed by atoms with Crippen LogP contribution in [0.5, 0.6) is 0 Å². The van der Waals surface area contributed by atoms with Crippen LogP contribution in [0.3, 0.4) is 0 Å². The first kappa shape index (κ1) is 27.8. The number of rotatable bonds is 10. The molecule has 0 aliphatic rings. The zero-order chi connectivity index (χ0) is 23.9. The van der Waals surface area contributed by atoms with Crippen LogP contribution in [0.25, 0.3) is 0 Å². The van der Waals surface area contributed by atoms with Crippen LogP contribution in [0.4, 0.5) is 57.1 Å². The Kier molecular flexibility index (Phi) is 7.52. The highest BCUT2D eigenvalue weighted by Crippen LogP contribution is 2.60. The Hall–Kier alpha value is -1.16. The molecular weight excluding hydrogens is 469 g/mol. The van der Waals surface area contributed by atoms with Crippen LogP contribution in [0.1, 0.15) is 20.3 Å². The maximum atomic E-state index is 13.5. The summed E-state index contributed by atoms with van der Waals surface area (Å²) in [6, 6.07) is 0. The fourth-order valence-corrected chi connectivity index (χ4v) is 2.68. The minimum atomic E-state index is -7.92. The molecule has 0 radical (unpaired) electrons. The Bertz CT molecular complexity index is 603. The van der Waals surface area contributed by atoms with E-state index in [0.29, 0.717) is 0 Å². The molecule has 0 aromatic heterocycles. The molecule has 0 N–H and O–H groups in total. The van der Waals surface area contributed by atoms with E-state index in [1.807, 2.05) is 0 Å². The van der Waals surface area contributed by atoms with E-state index >= 15 is 0 Å². The molecule has 0 heterocycles. The smallest absolute Gasteiger partial charge is 0.264 e. The van der Waals surface area contributed by atoms with Gasteiger partial charge in [0.25, 0.3) is 0 Å². The van der Waals surface area contributed by atoms with Gasteiger partial charge in [-0.3, -0.25) is 10.1 Å². The van der Waals surface area contributed by atoms with Crippen molar-refractivity contribution >= 4 is 11.8 Å². The maximum Gasteiger partial charge on any atom is 0.460 e. The number of hydrogen-bond acceptors (Lipinski definition) is 3. The second-order valence-electron chi connectivity index (χ2n) is 6.37. The molecule has 0 aliphatic carbocycles. The van der Waals surface area contributed by atoms with E-state index < -0.39 is 64.2 Å². The molecule has 0 rings (SSSR count). The lowest BCUT2D eigenvalue weighted by Gasteiger charge is -2.39. The standard InChI is InChI=1S/C12H12F13NO2S/c1-6(2,26(27)28)5-29-4-3-7(13,14)8(15,16)9(17,18)10(19,20)11(21,22)12(23,24)25/h3-5H2,1-2H3. The van der Waals surface area contributed by atoms with Gasteiger partial charge in [-0.2, -0.15) is 68.8 Å². The third kappa shape index (κ3) is 4.78. The molecule has 17 heteroatoms. The van der Waals surface area contributed by atoms with Crippen molar-refractivity contribution in [1.82, 2.24) is 0 Å². The molecule has 0 atom stereocenters. The summed E-state index contributed by atoms with van der Waals surface area (Å²) in [7, 11) is 0. The van der Waals surface area contributed by atoms with Gasteiger partial charge in [-0.25, -0.2) is 0 Å². The number of halogens is 13. The predicted octanol–water partition coefficient (Wildman–Crippen LogP) is 5.90. The molecule has 0 amide bonds. The average Bonchev–Trinajstić information content (AvgIpc) is 2.49. The summed E-state index contributed by atoms with van der Waals surface area (Å²) in [5.74, 6) is -38.9. The number of nitro groups is 1. The molecule has 0 aromatic carbocycles. The fraction of sp³-hybridized carbons (Fsp3) is 1.00. The SMILES string of the molecule is CC(C)(CSCCC(F)(F)C(F)(F)C(F)(F)C(F)(F)C(F)(F)C(F)(F)F)[N+](=O)[O-]. The molecule has 0 unspecified atom stereocenters. The van der Waals surface area contributed by atoms with Gasteiger partial charge in [0.15, 0.2) is 0 Å². The Morgan fingerprint density at radius 3 is 1.45 bits per heavy atom. The highest BCUT2D eigenvalue weighted by atomic mass is 32.2. The van der Waals surface area contributed by atoms with Crippen LogP contribution < -0.4 is 0 Å². The van der Waals surface area contributed by atoms with Crippen LogP contribution in [-0.4, -0.2) is 57.8 Å². The summed E-state index contributed by atoms with van der Waals surface area (Å²) >= 11 is 0.144. The van der Waals surface area contributed by atoms with E-state index in [2.05, 4.69) is 0 Å². The lowest BCUT2D eigenvalue weighted by molar-refractivity contribution is -0.553. The van der Waals surface area contributed by atoms with E-state index in [4.69, 9.17) is 0 Å². The van der Waals surface area contributed by atoms with Gasteiger partial charge in [0.1, 0.15) is 0 Å². The van der Waals surface area contributed by atoms with Gasteiger partial charge in [-0.1, -0.05) is 0 Å². The van der Waals surface area contributed by atoms with Crippen LogP contribution >= 0.6 is 11.8 Å². The molecule has 0 aliphatic heterocycles. The molecule has 29 heavy (non-hydrogen) atoms. The third-order valence-electron chi connectivity index (χ3n) is 3.51. The van der Waals surface area contributed by atoms with Gasteiger partial charge >= 0.3 is 35.8 Å². The second kappa shape index (κ2) is 7.83. The monoisotopic (exact) mass is 481 g/mol. The first-order chi connectivity index (χ1) is 12.4. The van der Waals surface area contributed by atoms with Gasteiger partial charge in [-0.15, -0.1) is 0 Å². The highest BCUT2D eigenvalue weighted by molar-refractivity contribution is 7.99. The van der Waals surface area contributed by atoms with Gasteiger partial charge in [0.2, 0.25) is 5.54 Å². The second-order valence-corrected chi connectivity index (χ2v) is 7.48. The van der Waals surface area contributed by atoms with Crippen molar-refractivity contribution in [3.8, 4) is 0 Å². The Morgan fingerprint density at radius 1 is 0.724 bits per heavy atom. The largest absolute Gasteiger partial charge is 0.460 e. The quantitative estimate of drug-likeness (QED) is 0.169. The molecular formula is C12H12F13NO2S. The fourth-order valence-electron chi connectivity index (χ4n) is 1.53. The molecule has 0 bridgehead atoms. The zero-order valence-corrected chi connectivity index (χ0v) is 15.0. The summed E-state index contributed by atoms with van der Waals surface area (Å²) in [5.41, 5.74) is -1.78. The van der Waals surface area contributed by atoms with E-state index in [-0.39, 0.29) is 11.8 Å². The molecule has 174 valence electrons. The first-order valence-electron chi connectivity index (χ1n) is 7.08. The maximum absolute atomic E-state index is 13.5. The molecule has 0 fully saturated rings. The predicted molar refractivity (Wildman–Crippen MR) is 73.8 cm³/mol. The number of alkyl halides is 13. The van der Waals surface area contributed by atoms with Gasteiger partial charge < -0.3 is 0 Å². The van der Waals surface area contributed by atoms with Crippen LogP contribution in [0.15, 0.2) is 0 Å². The third-order valence-corrected chi connectivity index (χ3v) is 4.91. The Morgan fingerprint density at radius 2 is 1.10 bits per heavy atom. The minimum Gasteiger partial charge on any atom is -0.264 e. The van der Waals surface area contributed by atoms with Crippen molar-refractivity contribution in [2.45, 2.75) is 61.6 Å². The molecule has 0 saturated heterocycles. The van der Waals surface area contributed by atoms with Crippen LogP contribution in [0, 0.1) is 10.1 Å². The molecule has 3 nitrogen and oxygen atoms in total. The summed E-state index contributed by atoms with van der Waals surface area (Å²) in [6.45, 7) is 1.95. The average molecular weight is 481 g/mol. The summed E-state index contributed by atoms with van der Waals surface area (Å²) in [5, 5.41) is 10.6. The Balaban J connectivity index is 5.63. The summed E-state index contributed by atoms with van der Waals surface area (Å²) in [4.78, 5) is 9.66. The number of nitrogens with zero attached hydrogens (tertiary/aromatic N) is 1. The molecule has 0 aromatic rings. The lowest BCUT2D eigenvalue weighted by Crippen LogP contribution is -2.70. The zero-order valence-electron chi connectivity index (χ0n) is 14.2. The van der Waals surface area contributed by atoms with Crippen molar-refractivity contribution < 1.29 is 62.0 Å². The molecule has 0 saturated carbocycles. The molecule has 0 spiro atoms. The normalized spacial score (nSPS) is 15.6. The van der Waals surface area contributed by atoms with Crippen molar-refractivity contribution in [1.29, 1.82) is 0 Å². The van der Waals surface area contributed by atoms with Crippen molar-refractivity contribution in [2.75, 3.05) is 11.5 Å². The van der Waals surface area contributed by atoms with Crippen LogP contribution in [-0.2, 0) is 0 Å². The summed E-state index contributed by atoms with van der Waals surface area (Å²) in [6.07, 6.45) is -9.82. The van der Waals surface area contributed by atoms with E-state index in [1.54, 1.807) is 0 Å². The van der Waals surface area contributed by atoms with Gasteiger partial charge in [-0.05, 0) is 5.75 Å². The first-order valence-corrected chi connectivity index (χ1v) is 8.23. The lowest BCUT2D eigenvalue weighted by atomic mass is 9.93. The van der Waals surface area contributed by atoms with E-state index in [0.717, 1.165) is 13.8 Å². The minimum absolute atomic E-state index is 0.144. The number of thioether (sulfide) groups is 1. The van der Waals surface area contributed by atoms with Crippen molar-refractivity contribution in [3.05, 3.63) is 10.1 Å².